The molecule has 5 heavy (non-hydrogen) atoms. The van der Waals surface area contributed by atoms with Gasteiger partial charge in [-0.25, -0.2) is 0 Å². The van der Waals surface area contributed by atoms with Crippen molar-refractivity contribution in [3.05, 3.63) is 0 Å². The summed E-state index contributed by atoms with van der Waals surface area (Å²) in [5.74, 6) is -0.190. The van der Waals surface area contributed by atoms with E-state index in [0.29, 0.717) is 6.51 Å². The standard InChI is InChI=1S/C2H2BO2/c4-2-3-1-5-2/h1H2. The van der Waals surface area contributed by atoms with Crippen LogP contribution in [0.4, 0.5) is 4.79 Å². The van der Waals surface area contributed by atoms with E-state index in [2.05, 4.69) is 4.74 Å². The number of ether oxygens (including phenoxy) is 1. The molecular formula is C2H2BO2. The van der Waals surface area contributed by atoms with E-state index >= 15 is 0 Å². The van der Waals surface area contributed by atoms with E-state index in [4.69, 9.17) is 0 Å². The molecule has 1 radical (unpaired) electrons. The van der Waals surface area contributed by atoms with Gasteiger partial charge < -0.3 is 4.74 Å². The first-order valence-electron chi connectivity index (χ1n) is 1.39. The summed E-state index contributed by atoms with van der Waals surface area (Å²) < 4.78 is 4.24. The van der Waals surface area contributed by atoms with Gasteiger partial charge in [0.05, 0.1) is 6.51 Å². The van der Waals surface area contributed by atoms with E-state index < -0.39 is 0 Å². The first-order chi connectivity index (χ1) is 2.39. The molecule has 1 fully saturated rings. The summed E-state index contributed by atoms with van der Waals surface area (Å²) in [6.07, 6.45) is 0. The molecule has 0 aromatic heterocycles. The van der Waals surface area contributed by atoms with Crippen LogP contribution in [-0.2, 0) is 4.74 Å². The summed E-state index contributed by atoms with van der Waals surface area (Å²) in [7, 11) is 1.49. The Labute approximate surface area is 30.4 Å². The third-order valence-electron chi connectivity index (χ3n) is 0.476. The Kier molecular flexibility index (Phi) is 0.409. The van der Waals surface area contributed by atoms with Gasteiger partial charge >= 0.3 is 7.28 Å². The summed E-state index contributed by atoms with van der Waals surface area (Å²) in [5, 5.41) is 0. The number of hydrogen-bond acceptors (Lipinski definition) is 2. The van der Waals surface area contributed by atoms with Crippen LogP contribution in [0.3, 0.4) is 0 Å². The molecule has 0 spiro atoms. The fourth-order valence-electron chi connectivity index (χ4n) is 0.151. The molecule has 1 heterocycles. The van der Waals surface area contributed by atoms with Gasteiger partial charge in [-0.05, 0) is 0 Å². The van der Waals surface area contributed by atoms with Crippen LogP contribution in [0.2, 0.25) is 0 Å². The molecule has 1 aliphatic heterocycles. The Morgan fingerprint density at radius 3 is 2.40 bits per heavy atom. The molecule has 2 nitrogen and oxygen atoms in total. The maximum absolute atomic E-state index is 9.62. The van der Waals surface area contributed by atoms with Crippen molar-refractivity contribution in [2.45, 2.75) is 0 Å². The van der Waals surface area contributed by atoms with Crippen molar-refractivity contribution in [1.82, 2.24) is 0 Å². The van der Waals surface area contributed by atoms with Gasteiger partial charge in [0.25, 0.3) is 0 Å². The highest BCUT2D eigenvalue weighted by Gasteiger charge is 2.14. The Bertz CT molecular complexity index is 54.7. The Morgan fingerprint density at radius 1 is 2.00 bits per heavy atom. The molecule has 0 unspecified atom stereocenters. The fraction of sp³-hybridized carbons (Fsp3) is 0.500. The van der Waals surface area contributed by atoms with Crippen LogP contribution >= 0.6 is 0 Å². The summed E-state index contributed by atoms with van der Waals surface area (Å²) in [5.41, 5.74) is 0. The van der Waals surface area contributed by atoms with E-state index in [9.17, 15) is 4.79 Å². The topological polar surface area (TPSA) is 26.3 Å². The Hall–Kier alpha value is -0.465. The third-order valence-corrected chi connectivity index (χ3v) is 0.476. The lowest BCUT2D eigenvalue weighted by Crippen LogP contribution is -2.29. The maximum Gasteiger partial charge on any atom is 0.308 e. The van der Waals surface area contributed by atoms with E-state index in [-0.39, 0.29) is 5.87 Å². The predicted octanol–water partition coefficient (Wildman–Crippen LogP) is -0.202. The second kappa shape index (κ2) is 0.741. The maximum atomic E-state index is 9.62. The molecule has 25 valence electrons. The van der Waals surface area contributed by atoms with Gasteiger partial charge in [-0.15, -0.1) is 0 Å². The molecule has 1 saturated heterocycles. The average molecular weight is 68.8 g/mol. The Balaban J connectivity index is 2.32. The number of carbonyl (C=O) groups is 1. The minimum atomic E-state index is -0.190. The zero-order valence-electron chi connectivity index (χ0n) is 2.60. The molecule has 1 rings (SSSR count). The minimum Gasteiger partial charge on any atom is -0.483 e. The Morgan fingerprint density at radius 2 is 2.40 bits per heavy atom. The van der Waals surface area contributed by atoms with Crippen molar-refractivity contribution in [2.24, 2.45) is 0 Å². The quantitative estimate of drug-likeness (QED) is 0.368. The zero-order chi connectivity index (χ0) is 3.70. The van der Waals surface area contributed by atoms with Gasteiger partial charge in [-0.1, -0.05) is 0 Å². The van der Waals surface area contributed by atoms with Crippen LogP contribution in [0.5, 0.6) is 0 Å². The summed E-state index contributed by atoms with van der Waals surface area (Å²) in [6.45, 7) is 0.513. The van der Waals surface area contributed by atoms with E-state index in [1.165, 1.54) is 7.28 Å². The third kappa shape index (κ3) is 0.272. The van der Waals surface area contributed by atoms with Gasteiger partial charge in [0.2, 0.25) is 5.87 Å². The monoisotopic (exact) mass is 69.0 g/mol. The first kappa shape index (κ1) is 2.76. The van der Waals surface area contributed by atoms with Gasteiger partial charge in [-0.3, -0.25) is 4.79 Å². The van der Waals surface area contributed by atoms with Crippen molar-refractivity contribution in [1.29, 1.82) is 0 Å². The van der Waals surface area contributed by atoms with Crippen molar-refractivity contribution < 1.29 is 9.53 Å². The first-order valence-corrected chi connectivity index (χ1v) is 1.39. The predicted molar refractivity (Wildman–Crippen MR) is 17.1 cm³/mol. The highest BCUT2D eigenvalue weighted by atomic mass is 16.5. The van der Waals surface area contributed by atoms with E-state index in [1.807, 2.05) is 0 Å². The fourth-order valence-corrected chi connectivity index (χ4v) is 0.151. The van der Waals surface area contributed by atoms with Gasteiger partial charge in [0, 0.05) is 0 Å². The van der Waals surface area contributed by atoms with E-state index in [1.54, 1.807) is 0 Å². The van der Waals surface area contributed by atoms with Crippen LogP contribution in [-0.4, -0.2) is 19.7 Å². The summed E-state index contributed by atoms with van der Waals surface area (Å²) in [4.78, 5) is 9.62. The van der Waals surface area contributed by atoms with Crippen molar-refractivity contribution in [2.75, 3.05) is 6.51 Å². The van der Waals surface area contributed by atoms with Crippen molar-refractivity contribution in [3.63, 3.8) is 0 Å². The molecule has 0 aromatic rings. The number of rotatable bonds is 0. The molecule has 0 atom stereocenters. The van der Waals surface area contributed by atoms with Gasteiger partial charge in [-0.2, -0.15) is 0 Å². The van der Waals surface area contributed by atoms with Crippen LogP contribution in [0.25, 0.3) is 0 Å². The molecular weight excluding hydrogens is 66.8 g/mol. The lowest BCUT2D eigenvalue weighted by molar-refractivity contribution is 0.174. The number of carbonyl (C=O) groups excluding carboxylic acids is 1. The normalized spacial score (nSPS) is 18.8. The molecule has 0 aromatic carbocycles. The van der Waals surface area contributed by atoms with E-state index in [0.717, 1.165) is 0 Å². The summed E-state index contributed by atoms with van der Waals surface area (Å²) >= 11 is 0. The highest BCUT2D eigenvalue weighted by Crippen LogP contribution is 1.87. The SMILES string of the molecule is O=C1[B]CO1. The lowest BCUT2D eigenvalue weighted by Gasteiger charge is -2.07. The minimum absolute atomic E-state index is 0.190. The van der Waals surface area contributed by atoms with Gasteiger partial charge in [0.1, 0.15) is 0 Å². The van der Waals surface area contributed by atoms with Crippen LogP contribution in [0, 0.1) is 0 Å². The van der Waals surface area contributed by atoms with Crippen LogP contribution in [0.1, 0.15) is 0 Å². The summed E-state index contributed by atoms with van der Waals surface area (Å²) in [6, 6.07) is 0. The molecule has 0 aliphatic carbocycles. The molecule has 1 aliphatic rings. The second-order valence-electron chi connectivity index (χ2n) is 0.834. The largest absolute Gasteiger partial charge is 0.483 e. The average Bonchev–Trinajstić information content (AvgIpc) is 1.30. The van der Waals surface area contributed by atoms with Crippen LogP contribution in [0.15, 0.2) is 0 Å². The lowest BCUT2D eigenvalue weighted by atomic mass is 9.76. The highest BCUT2D eigenvalue weighted by molar-refractivity contribution is 6.75. The smallest absolute Gasteiger partial charge is 0.308 e. The second-order valence-corrected chi connectivity index (χ2v) is 0.834. The number of cyclic esters (lactones) is 1. The molecule has 0 saturated carbocycles. The van der Waals surface area contributed by atoms with Gasteiger partial charge in [0.15, 0.2) is 0 Å². The van der Waals surface area contributed by atoms with Crippen LogP contribution < -0.4 is 0 Å². The number of hydrogen-bond donors (Lipinski definition) is 0. The molecule has 3 heteroatoms. The molecule has 0 amide bonds. The van der Waals surface area contributed by atoms with Crippen molar-refractivity contribution >= 4 is 13.1 Å². The zero-order valence-corrected chi connectivity index (χ0v) is 2.60. The molecule has 0 bridgehead atoms. The molecule has 0 N–H and O–H groups in total. The van der Waals surface area contributed by atoms with Crippen molar-refractivity contribution in [3.8, 4) is 0 Å².